The van der Waals surface area contributed by atoms with Crippen molar-refractivity contribution in [1.29, 1.82) is 0 Å². The number of hydrogen-bond donors (Lipinski definition) is 0. The maximum absolute atomic E-state index is 13.8. The van der Waals surface area contributed by atoms with E-state index in [0.29, 0.717) is 0 Å². The summed E-state index contributed by atoms with van der Waals surface area (Å²) >= 11 is 0. The number of halogens is 2. The van der Waals surface area contributed by atoms with Crippen LogP contribution in [0.25, 0.3) is 0 Å². The van der Waals surface area contributed by atoms with Gasteiger partial charge in [-0.2, -0.15) is 8.78 Å². The van der Waals surface area contributed by atoms with E-state index in [1.807, 2.05) is 0 Å². The van der Waals surface area contributed by atoms with E-state index >= 15 is 0 Å². The summed E-state index contributed by atoms with van der Waals surface area (Å²) in [5, 5.41) is 0. The molecule has 0 rings (SSSR count). The first-order chi connectivity index (χ1) is 8.08. The van der Waals surface area contributed by atoms with Crippen LogP contribution < -0.4 is 0 Å². The first kappa shape index (κ1) is 18.0. The van der Waals surface area contributed by atoms with Crippen LogP contribution in [-0.2, 0) is 18.3 Å². The van der Waals surface area contributed by atoms with E-state index in [9.17, 15) is 13.3 Å². The second kappa shape index (κ2) is 6.94. The molecule has 0 spiro atoms. The Morgan fingerprint density at radius 3 is 1.83 bits per heavy atom. The maximum atomic E-state index is 13.8. The zero-order chi connectivity index (χ0) is 14.4. The van der Waals surface area contributed by atoms with Crippen molar-refractivity contribution in [2.75, 3.05) is 19.8 Å². The quantitative estimate of drug-likeness (QED) is 0.632. The molecule has 0 saturated heterocycles. The second-order valence-electron chi connectivity index (χ2n) is 4.71. The Hall–Kier alpha value is -0.0300. The standard InChI is InChI=1S/C11H23F2O4P/c1-6-16-18(14,17-7-2)11(12,13)8-9-15-10(3,4)5/h6-9H2,1-5H3. The molecule has 0 bridgehead atoms. The largest absolute Gasteiger partial charge is 0.399 e. The highest BCUT2D eigenvalue weighted by Crippen LogP contribution is 2.63. The van der Waals surface area contributed by atoms with Crippen molar-refractivity contribution in [3.8, 4) is 0 Å². The van der Waals surface area contributed by atoms with Gasteiger partial charge in [-0.25, -0.2) is 0 Å². The Balaban J connectivity index is 4.60. The van der Waals surface area contributed by atoms with E-state index in [0.717, 1.165) is 0 Å². The van der Waals surface area contributed by atoms with Crippen LogP contribution in [0.4, 0.5) is 8.78 Å². The predicted molar refractivity (Wildman–Crippen MR) is 66.1 cm³/mol. The second-order valence-corrected chi connectivity index (χ2v) is 6.88. The molecule has 0 atom stereocenters. The molecule has 4 nitrogen and oxygen atoms in total. The summed E-state index contributed by atoms with van der Waals surface area (Å²) in [6, 6.07) is 0. The molecule has 0 aliphatic carbocycles. The van der Waals surface area contributed by atoms with Gasteiger partial charge in [0.15, 0.2) is 0 Å². The van der Waals surface area contributed by atoms with Crippen LogP contribution in [0.1, 0.15) is 41.0 Å². The lowest BCUT2D eigenvalue weighted by Crippen LogP contribution is -2.26. The van der Waals surface area contributed by atoms with Crippen molar-refractivity contribution in [2.24, 2.45) is 0 Å². The molecule has 7 heteroatoms. The Labute approximate surface area is 108 Å². The fourth-order valence-electron chi connectivity index (χ4n) is 1.18. The molecule has 0 aromatic heterocycles. The molecule has 0 unspecified atom stereocenters. The van der Waals surface area contributed by atoms with E-state index in [1.165, 1.54) is 13.8 Å². The SMILES string of the molecule is CCOP(=O)(OCC)C(F)(F)CCOC(C)(C)C. The van der Waals surface area contributed by atoms with Crippen molar-refractivity contribution in [3.63, 3.8) is 0 Å². The highest BCUT2D eigenvalue weighted by molar-refractivity contribution is 7.55. The molecule has 0 aliphatic rings. The van der Waals surface area contributed by atoms with Crippen LogP contribution in [0.3, 0.4) is 0 Å². The molecule has 110 valence electrons. The molecule has 0 fully saturated rings. The Bertz CT molecular complexity index is 279. The summed E-state index contributed by atoms with van der Waals surface area (Å²) in [6.45, 7) is 7.88. The highest BCUT2D eigenvalue weighted by atomic mass is 31.2. The number of ether oxygens (including phenoxy) is 1. The molecular formula is C11H23F2O4P. The first-order valence-corrected chi connectivity index (χ1v) is 7.53. The van der Waals surface area contributed by atoms with Crippen molar-refractivity contribution < 1.29 is 27.1 Å². The molecule has 0 radical (unpaired) electrons. The van der Waals surface area contributed by atoms with Gasteiger partial charge in [0.05, 0.1) is 25.4 Å². The Morgan fingerprint density at radius 1 is 1.06 bits per heavy atom. The zero-order valence-electron chi connectivity index (χ0n) is 11.7. The van der Waals surface area contributed by atoms with E-state index in [2.05, 4.69) is 9.05 Å². The van der Waals surface area contributed by atoms with Crippen LogP contribution in [0.2, 0.25) is 0 Å². The minimum absolute atomic E-state index is 0.0903. The van der Waals surface area contributed by atoms with Crippen molar-refractivity contribution in [2.45, 2.75) is 52.3 Å². The minimum atomic E-state index is -4.42. The van der Waals surface area contributed by atoms with Gasteiger partial charge >= 0.3 is 13.3 Å². The predicted octanol–water partition coefficient (Wildman–Crippen LogP) is 4.05. The van der Waals surface area contributed by atoms with Crippen LogP contribution in [0.15, 0.2) is 0 Å². The van der Waals surface area contributed by atoms with Crippen molar-refractivity contribution in [3.05, 3.63) is 0 Å². The van der Waals surface area contributed by atoms with Gasteiger partial charge in [0.1, 0.15) is 0 Å². The average molecular weight is 288 g/mol. The van der Waals surface area contributed by atoms with Gasteiger partial charge in [-0.3, -0.25) is 4.57 Å². The van der Waals surface area contributed by atoms with Crippen LogP contribution in [0.5, 0.6) is 0 Å². The minimum Gasteiger partial charge on any atom is -0.376 e. The lowest BCUT2D eigenvalue weighted by Gasteiger charge is -2.27. The van der Waals surface area contributed by atoms with Crippen LogP contribution in [0, 0.1) is 0 Å². The van der Waals surface area contributed by atoms with Crippen molar-refractivity contribution >= 4 is 7.60 Å². The molecule has 0 aromatic carbocycles. The van der Waals surface area contributed by atoms with Gasteiger partial charge in [0.25, 0.3) is 0 Å². The monoisotopic (exact) mass is 288 g/mol. The van der Waals surface area contributed by atoms with Gasteiger partial charge in [-0.15, -0.1) is 0 Å². The first-order valence-electron chi connectivity index (χ1n) is 5.99. The Morgan fingerprint density at radius 2 is 1.50 bits per heavy atom. The molecule has 0 saturated carbocycles. The van der Waals surface area contributed by atoms with Gasteiger partial charge in [-0.05, 0) is 34.6 Å². The number of hydrogen-bond acceptors (Lipinski definition) is 4. The summed E-state index contributed by atoms with van der Waals surface area (Å²) in [6.07, 6.45) is -0.693. The van der Waals surface area contributed by atoms with E-state index < -0.39 is 25.3 Å². The third kappa shape index (κ3) is 5.74. The third-order valence-electron chi connectivity index (χ3n) is 1.94. The normalized spacial score (nSPS) is 13.9. The number of rotatable bonds is 8. The van der Waals surface area contributed by atoms with Crippen molar-refractivity contribution in [1.82, 2.24) is 0 Å². The fourth-order valence-corrected chi connectivity index (χ4v) is 2.68. The average Bonchev–Trinajstić information content (AvgIpc) is 2.15. The molecular weight excluding hydrogens is 265 g/mol. The summed E-state index contributed by atoms with van der Waals surface area (Å²) in [5.74, 6) is 0. The third-order valence-corrected chi connectivity index (χ3v) is 4.16. The Kier molecular flexibility index (Phi) is 6.93. The van der Waals surface area contributed by atoms with E-state index in [1.54, 1.807) is 20.8 Å². The molecule has 0 N–H and O–H groups in total. The molecule has 0 heterocycles. The van der Waals surface area contributed by atoms with Gasteiger partial charge in [0, 0.05) is 6.42 Å². The topological polar surface area (TPSA) is 44.8 Å². The fraction of sp³-hybridized carbons (Fsp3) is 1.00. The molecule has 18 heavy (non-hydrogen) atoms. The molecule has 0 aliphatic heterocycles. The summed E-state index contributed by atoms with van der Waals surface area (Å²) in [4.78, 5) is 0. The van der Waals surface area contributed by atoms with Gasteiger partial charge in [-0.1, -0.05) is 0 Å². The lowest BCUT2D eigenvalue weighted by atomic mass is 10.2. The summed E-state index contributed by atoms with van der Waals surface area (Å²) in [5.41, 5.74) is -4.05. The molecule has 0 aromatic rings. The summed E-state index contributed by atoms with van der Waals surface area (Å²) < 4.78 is 54.1. The zero-order valence-corrected chi connectivity index (χ0v) is 12.6. The number of alkyl halides is 2. The van der Waals surface area contributed by atoms with Crippen LogP contribution >= 0.6 is 7.60 Å². The molecule has 0 amide bonds. The van der Waals surface area contributed by atoms with Gasteiger partial charge in [0.2, 0.25) is 0 Å². The summed E-state index contributed by atoms with van der Waals surface area (Å²) in [7, 11) is -4.42. The van der Waals surface area contributed by atoms with Crippen LogP contribution in [-0.4, -0.2) is 31.1 Å². The lowest BCUT2D eigenvalue weighted by molar-refractivity contribution is -0.0439. The smallest absolute Gasteiger partial charge is 0.376 e. The maximum Gasteiger partial charge on any atom is 0.399 e. The highest BCUT2D eigenvalue weighted by Gasteiger charge is 2.52. The van der Waals surface area contributed by atoms with E-state index in [-0.39, 0.29) is 19.8 Å². The van der Waals surface area contributed by atoms with Gasteiger partial charge < -0.3 is 13.8 Å². The van der Waals surface area contributed by atoms with E-state index in [4.69, 9.17) is 4.74 Å².